The first kappa shape index (κ1) is 32.0. The molecule has 3 fully saturated rings. The molecule has 7 heteroatoms. The third-order valence-corrected chi connectivity index (χ3v) is 7.93. The molecule has 7 nitrogen and oxygen atoms in total. The number of esters is 1. The molecule has 1 N–H and O–H groups in total. The van der Waals surface area contributed by atoms with Crippen molar-refractivity contribution in [1.82, 2.24) is 0 Å². The Balaban J connectivity index is 1.68. The lowest BCUT2D eigenvalue weighted by Crippen LogP contribution is -2.31. The zero-order valence-electron chi connectivity index (χ0n) is 24.4. The summed E-state index contributed by atoms with van der Waals surface area (Å²) in [5, 5.41) is 11.1. The maximum atomic E-state index is 11.4. The molecule has 0 amide bonds. The van der Waals surface area contributed by atoms with Crippen molar-refractivity contribution < 1.29 is 33.6 Å². The summed E-state index contributed by atoms with van der Waals surface area (Å²) in [7, 11) is 1.42. The van der Waals surface area contributed by atoms with Gasteiger partial charge >= 0.3 is 5.97 Å². The van der Waals surface area contributed by atoms with Crippen molar-refractivity contribution in [1.29, 1.82) is 0 Å². The fourth-order valence-corrected chi connectivity index (χ4v) is 5.69. The average molecular weight is 549 g/mol. The number of unbranched alkanes of at least 4 members (excludes halogenated alkanes) is 1. The molecule has 0 radical (unpaired) electrons. The highest BCUT2D eigenvalue weighted by Gasteiger charge is 2.42. The summed E-state index contributed by atoms with van der Waals surface area (Å²) in [6.07, 6.45) is 21.4. The highest BCUT2D eigenvalue weighted by Crippen LogP contribution is 2.39. The lowest BCUT2D eigenvalue weighted by atomic mass is 9.89. The molecular formula is C32H52O7. The number of carbonyl (C=O) groups is 1. The minimum atomic E-state index is -0.445. The summed E-state index contributed by atoms with van der Waals surface area (Å²) in [4.78, 5) is 11.4. The maximum absolute atomic E-state index is 11.4. The van der Waals surface area contributed by atoms with Crippen molar-refractivity contribution in [3.8, 4) is 0 Å². The number of hydrogen-bond acceptors (Lipinski definition) is 7. The summed E-state index contributed by atoms with van der Waals surface area (Å²) in [6.45, 7) is 5.74. The molecule has 2 aliphatic heterocycles. The largest absolute Gasteiger partial charge is 0.469 e. The van der Waals surface area contributed by atoms with Gasteiger partial charge in [-0.05, 0) is 90.4 Å². The average Bonchev–Trinajstić information content (AvgIpc) is 3.23. The number of aliphatic hydroxyl groups excluding tert-OH is 1. The van der Waals surface area contributed by atoms with Gasteiger partial charge in [0.25, 0.3) is 0 Å². The van der Waals surface area contributed by atoms with Crippen LogP contribution in [0.3, 0.4) is 0 Å². The van der Waals surface area contributed by atoms with E-state index in [9.17, 15) is 9.90 Å². The van der Waals surface area contributed by atoms with Crippen molar-refractivity contribution in [2.45, 2.75) is 128 Å². The van der Waals surface area contributed by atoms with Crippen LogP contribution in [0.4, 0.5) is 0 Å². The molecule has 0 bridgehead atoms. The molecule has 0 aromatic carbocycles. The first-order valence-electron chi connectivity index (χ1n) is 15.2. The number of methoxy groups -OCH3 is 1. The zero-order valence-corrected chi connectivity index (χ0v) is 24.4. The van der Waals surface area contributed by atoms with Crippen LogP contribution in [-0.4, -0.2) is 62.3 Å². The standard InChI is InChI=1S/C32H52O7/c1-24(2)13-12-14-25(38-31-17-8-10-21-36-31)19-20-27-26(15-6-4-5-7-16-30(34)35-3)28(33)23-29(27)39-32-18-9-11-22-37-32/h4,6,13,19-20,25-29,31-33H,5,7-12,14-18,21-23H2,1-3H3/b6-4-,20-19+/t25-,26+,27+,28+,29+,31?,32?/m0/s1. The van der Waals surface area contributed by atoms with Gasteiger partial charge in [0.15, 0.2) is 12.6 Å². The Morgan fingerprint density at radius 1 is 1.03 bits per heavy atom. The Kier molecular flexibility index (Phi) is 14.8. The van der Waals surface area contributed by atoms with E-state index < -0.39 is 6.10 Å². The van der Waals surface area contributed by atoms with E-state index in [0.717, 1.165) is 83.8 Å². The fourth-order valence-electron chi connectivity index (χ4n) is 5.69. The molecule has 222 valence electrons. The molecular weight excluding hydrogens is 496 g/mol. The molecule has 2 saturated heterocycles. The molecule has 3 rings (SSSR count). The molecule has 0 spiro atoms. The first-order valence-corrected chi connectivity index (χ1v) is 15.2. The van der Waals surface area contributed by atoms with Crippen molar-refractivity contribution in [3.05, 3.63) is 36.0 Å². The second kappa shape index (κ2) is 18.0. The molecule has 3 aliphatic rings. The van der Waals surface area contributed by atoms with Crippen LogP contribution in [0.1, 0.15) is 97.3 Å². The van der Waals surface area contributed by atoms with Gasteiger partial charge in [0.1, 0.15) is 0 Å². The van der Waals surface area contributed by atoms with E-state index in [2.05, 4.69) is 44.2 Å². The molecule has 1 aliphatic carbocycles. The van der Waals surface area contributed by atoms with E-state index in [-0.39, 0.29) is 42.6 Å². The number of carbonyl (C=O) groups excluding carboxylic acids is 1. The highest BCUT2D eigenvalue weighted by atomic mass is 16.7. The second-order valence-electron chi connectivity index (χ2n) is 11.4. The van der Waals surface area contributed by atoms with Crippen LogP contribution >= 0.6 is 0 Å². The van der Waals surface area contributed by atoms with E-state index in [1.54, 1.807) is 0 Å². The SMILES string of the molecule is COC(=O)CCC/C=C\C[C@@H]1[C@@H](/C=C/[C@H](CCC=C(C)C)OC2CCCCO2)[C@H](OC2CCCCO2)C[C@H]1O. The van der Waals surface area contributed by atoms with Gasteiger partial charge in [-0.2, -0.15) is 0 Å². The van der Waals surface area contributed by atoms with Gasteiger partial charge in [0.05, 0.1) is 25.4 Å². The molecule has 0 aromatic heterocycles. The minimum Gasteiger partial charge on any atom is -0.469 e. The van der Waals surface area contributed by atoms with Gasteiger partial charge < -0.3 is 28.8 Å². The lowest BCUT2D eigenvalue weighted by Gasteiger charge is -2.30. The Bertz CT molecular complexity index is 775. The number of ether oxygens (including phenoxy) is 5. The third-order valence-electron chi connectivity index (χ3n) is 7.93. The van der Waals surface area contributed by atoms with Crippen LogP contribution in [0, 0.1) is 11.8 Å². The summed E-state index contributed by atoms with van der Waals surface area (Å²) in [5.74, 6) is -0.0622. The van der Waals surface area contributed by atoms with E-state index in [1.807, 2.05) is 0 Å². The van der Waals surface area contributed by atoms with Gasteiger partial charge in [-0.3, -0.25) is 4.79 Å². The summed E-state index contributed by atoms with van der Waals surface area (Å²) < 4.78 is 29.4. The van der Waals surface area contributed by atoms with E-state index in [1.165, 1.54) is 12.7 Å². The monoisotopic (exact) mass is 548 g/mol. The van der Waals surface area contributed by atoms with Crippen molar-refractivity contribution in [3.63, 3.8) is 0 Å². The zero-order chi connectivity index (χ0) is 27.9. The second-order valence-corrected chi connectivity index (χ2v) is 11.4. The summed E-state index contributed by atoms with van der Waals surface area (Å²) in [5.41, 5.74) is 1.31. The number of allylic oxidation sites excluding steroid dienone is 4. The van der Waals surface area contributed by atoms with Crippen molar-refractivity contribution in [2.24, 2.45) is 11.8 Å². The van der Waals surface area contributed by atoms with Crippen LogP contribution in [0.5, 0.6) is 0 Å². The highest BCUT2D eigenvalue weighted by molar-refractivity contribution is 5.69. The number of aliphatic hydroxyl groups is 1. The van der Waals surface area contributed by atoms with Crippen LogP contribution < -0.4 is 0 Å². The predicted molar refractivity (Wildman–Crippen MR) is 152 cm³/mol. The van der Waals surface area contributed by atoms with Crippen molar-refractivity contribution >= 4 is 5.97 Å². The van der Waals surface area contributed by atoms with Gasteiger partial charge in [-0.1, -0.05) is 36.0 Å². The Labute approximate surface area is 235 Å². The molecule has 39 heavy (non-hydrogen) atoms. The first-order chi connectivity index (χ1) is 19.0. The normalized spacial score (nSPS) is 30.6. The summed E-state index contributed by atoms with van der Waals surface area (Å²) in [6, 6.07) is 0. The molecule has 0 aromatic rings. The van der Waals surface area contributed by atoms with Crippen LogP contribution in [0.15, 0.2) is 36.0 Å². The summed E-state index contributed by atoms with van der Waals surface area (Å²) >= 11 is 0. The Morgan fingerprint density at radius 3 is 2.44 bits per heavy atom. The van der Waals surface area contributed by atoms with Gasteiger partial charge in [-0.15, -0.1) is 0 Å². The quantitative estimate of drug-likeness (QED) is 0.144. The smallest absolute Gasteiger partial charge is 0.305 e. The van der Waals surface area contributed by atoms with Gasteiger partial charge in [-0.25, -0.2) is 0 Å². The van der Waals surface area contributed by atoms with E-state index >= 15 is 0 Å². The fraction of sp³-hybridized carbons (Fsp3) is 0.781. The predicted octanol–water partition coefficient (Wildman–Crippen LogP) is 6.40. The molecule has 1 saturated carbocycles. The maximum Gasteiger partial charge on any atom is 0.305 e. The van der Waals surface area contributed by atoms with E-state index in [4.69, 9.17) is 23.7 Å². The minimum absolute atomic E-state index is 0.0519. The topological polar surface area (TPSA) is 83.5 Å². The lowest BCUT2D eigenvalue weighted by molar-refractivity contribution is -0.193. The van der Waals surface area contributed by atoms with E-state index in [0.29, 0.717) is 12.8 Å². The van der Waals surface area contributed by atoms with Crippen molar-refractivity contribution in [2.75, 3.05) is 20.3 Å². The Hall–Kier alpha value is -1.51. The van der Waals surface area contributed by atoms with Gasteiger partial charge in [0, 0.05) is 32.0 Å². The van der Waals surface area contributed by atoms with Crippen LogP contribution in [0.2, 0.25) is 0 Å². The number of rotatable bonds is 15. The Morgan fingerprint density at radius 2 is 1.77 bits per heavy atom. The molecule has 2 heterocycles. The van der Waals surface area contributed by atoms with Crippen LogP contribution in [0.25, 0.3) is 0 Å². The van der Waals surface area contributed by atoms with Gasteiger partial charge in [0.2, 0.25) is 0 Å². The third kappa shape index (κ3) is 11.9. The molecule has 2 unspecified atom stereocenters. The van der Waals surface area contributed by atoms with Crippen LogP contribution in [-0.2, 0) is 28.5 Å². The number of hydrogen-bond donors (Lipinski definition) is 1. The molecule has 7 atom stereocenters.